The Labute approximate surface area is 181 Å². The molecule has 3 rings (SSSR count). The number of hydrogen-bond acceptors (Lipinski definition) is 5. The summed E-state index contributed by atoms with van der Waals surface area (Å²) < 4.78 is 32.2. The molecule has 0 bridgehead atoms. The standard InChI is InChI=1S/C22H33BrFNO4/c1-21(2,3)29-18-11-25-8-7-13-14(15(25)10-16(18)26)9-17(27-6)20(19(13)23)28-12-22(4,5)24/h9,15-16,18,26H,7-8,10-12H2,1-6H3/t15-,16-,18-/m1/s1. The third-order valence-corrected chi connectivity index (χ3v) is 6.20. The molecular formula is C22H33BrFNO4. The highest BCUT2D eigenvalue weighted by molar-refractivity contribution is 9.10. The number of methoxy groups -OCH3 is 1. The second kappa shape index (κ2) is 8.33. The van der Waals surface area contributed by atoms with Gasteiger partial charge in [-0.3, -0.25) is 4.90 Å². The molecule has 0 radical (unpaired) electrons. The molecule has 3 atom stereocenters. The lowest BCUT2D eigenvalue weighted by Crippen LogP contribution is -2.53. The Kier molecular flexibility index (Phi) is 6.54. The van der Waals surface area contributed by atoms with Crippen molar-refractivity contribution in [2.24, 2.45) is 0 Å². The van der Waals surface area contributed by atoms with E-state index in [2.05, 4.69) is 20.8 Å². The Morgan fingerprint density at radius 1 is 1.28 bits per heavy atom. The van der Waals surface area contributed by atoms with E-state index in [1.165, 1.54) is 13.8 Å². The van der Waals surface area contributed by atoms with Gasteiger partial charge in [-0.05, 0) is 80.6 Å². The highest BCUT2D eigenvalue weighted by Gasteiger charge is 2.41. The fourth-order valence-corrected chi connectivity index (χ4v) is 4.89. The highest BCUT2D eigenvalue weighted by atomic mass is 79.9. The Morgan fingerprint density at radius 3 is 2.55 bits per heavy atom. The van der Waals surface area contributed by atoms with Gasteiger partial charge in [-0.2, -0.15) is 0 Å². The maximum atomic E-state index is 14.0. The third kappa shape index (κ3) is 5.24. The number of fused-ring (bicyclic) bond motifs is 3. The van der Waals surface area contributed by atoms with Crippen LogP contribution in [-0.2, 0) is 11.2 Å². The zero-order valence-electron chi connectivity index (χ0n) is 18.2. The molecule has 1 fully saturated rings. The highest BCUT2D eigenvalue weighted by Crippen LogP contribution is 2.47. The van der Waals surface area contributed by atoms with E-state index < -0.39 is 11.8 Å². The molecule has 0 spiro atoms. The molecule has 2 heterocycles. The topological polar surface area (TPSA) is 51.2 Å². The van der Waals surface area contributed by atoms with Crippen LogP contribution >= 0.6 is 15.9 Å². The van der Waals surface area contributed by atoms with Gasteiger partial charge in [0.2, 0.25) is 0 Å². The molecule has 0 amide bonds. The predicted molar refractivity (Wildman–Crippen MR) is 115 cm³/mol. The molecule has 2 aliphatic heterocycles. The molecule has 0 saturated carbocycles. The van der Waals surface area contributed by atoms with Gasteiger partial charge in [0.05, 0.1) is 29.4 Å². The lowest BCUT2D eigenvalue weighted by atomic mass is 9.84. The summed E-state index contributed by atoms with van der Waals surface area (Å²) in [5.41, 5.74) is 0.530. The fourth-order valence-electron chi connectivity index (χ4n) is 4.15. The smallest absolute Gasteiger partial charge is 0.175 e. The Morgan fingerprint density at radius 2 is 1.97 bits per heavy atom. The summed E-state index contributed by atoms with van der Waals surface area (Å²) in [6, 6.07) is 2.07. The van der Waals surface area contributed by atoms with Gasteiger partial charge in [0, 0.05) is 19.1 Å². The first-order chi connectivity index (χ1) is 13.4. The van der Waals surface area contributed by atoms with E-state index in [1.807, 2.05) is 26.8 Å². The van der Waals surface area contributed by atoms with Crippen molar-refractivity contribution in [3.8, 4) is 11.5 Å². The predicted octanol–water partition coefficient (Wildman–Crippen LogP) is 4.43. The second-order valence-corrected chi connectivity index (χ2v) is 10.4. The van der Waals surface area contributed by atoms with Crippen LogP contribution in [-0.4, -0.2) is 60.3 Å². The van der Waals surface area contributed by atoms with Gasteiger partial charge in [0.25, 0.3) is 0 Å². The van der Waals surface area contributed by atoms with Crippen molar-refractivity contribution >= 4 is 15.9 Å². The molecule has 1 aromatic rings. The maximum Gasteiger partial charge on any atom is 0.175 e. The van der Waals surface area contributed by atoms with Crippen molar-refractivity contribution in [3.63, 3.8) is 0 Å². The van der Waals surface area contributed by atoms with Crippen molar-refractivity contribution < 1.29 is 23.7 Å². The summed E-state index contributed by atoms with van der Waals surface area (Å²) in [5.74, 6) is 1.11. The molecule has 1 saturated heterocycles. The lowest BCUT2D eigenvalue weighted by molar-refractivity contribution is -0.149. The van der Waals surface area contributed by atoms with Crippen LogP contribution in [0.3, 0.4) is 0 Å². The molecule has 1 N–H and O–H groups in total. The number of aliphatic hydroxyl groups is 1. The number of benzene rings is 1. The largest absolute Gasteiger partial charge is 0.493 e. The number of ether oxygens (including phenoxy) is 3. The number of hydrogen-bond donors (Lipinski definition) is 1. The van der Waals surface area contributed by atoms with Gasteiger partial charge >= 0.3 is 0 Å². The van der Waals surface area contributed by atoms with Crippen LogP contribution in [0.4, 0.5) is 4.39 Å². The van der Waals surface area contributed by atoms with E-state index in [4.69, 9.17) is 14.2 Å². The van der Waals surface area contributed by atoms with Crippen LogP contribution in [0.5, 0.6) is 11.5 Å². The monoisotopic (exact) mass is 473 g/mol. The third-order valence-electron chi connectivity index (χ3n) is 5.36. The molecule has 5 nitrogen and oxygen atoms in total. The summed E-state index contributed by atoms with van der Waals surface area (Å²) in [6.07, 6.45) is 0.701. The molecule has 164 valence electrons. The maximum absolute atomic E-state index is 14.0. The van der Waals surface area contributed by atoms with Gasteiger partial charge in [-0.25, -0.2) is 4.39 Å². The average Bonchev–Trinajstić information content (AvgIpc) is 2.59. The van der Waals surface area contributed by atoms with Crippen LogP contribution in [0.2, 0.25) is 0 Å². The molecular weight excluding hydrogens is 441 g/mol. The van der Waals surface area contributed by atoms with Gasteiger partial charge < -0.3 is 19.3 Å². The molecule has 7 heteroatoms. The Bertz CT molecular complexity index is 744. The number of alkyl halides is 1. The zero-order chi connectivity index (χ0) is 21.6. The number of piperidine rings is 1. The normalized spacial score (nSPS) is 25.3. The summed E-state index contributed by atoms with van der Waals surface area (Å²) in [7, 11) is 1.59. The van der Waals surface area contributed by atoms with Crippen molar-refractivity contribution in [2.45, 2.75) is 77.0 Å². The first kappa shape index (κ1) is 22.8. The molecule has 1 aromatic carbocycles. The van der Waals surface area contributed by atoms with Crippen molar-refractivity contribution in [2.75, 3.05) is 26.8 Å². The average molecular weight is 474 g/mol. The van der Waals surface area contributed by atoms with Gasteiger partial charge in [0.1, 0.15) is 12.3 Å². The lowest BCUT2D eigenvalue weighted by Gasteiger charge is -2.47. The Balaban J connectivity index is 1.89. The molecule has 0 unspecified atom stereocenters. The van der Waals surface area contributed by atoms with Crippen LogP contribution in [0.25, 0.3) is 0 Å². The van der Waals surface area contributed by atoms with Crippen LogP contribution < -0.4 is 9.47 Å². The zero-order valence-corrected chi connectivity index (χ0v) is 19.8. The van der Waals surface area contributed by atoms with Gasteiger partial charge in [-0.15, -0.1) is 0 Å². The minimum atomic E-state index is -1.44. The Hall–Kier alpha value is -0.890. The van der Waals surface area contributed by atoms with Crippen molar-refractivity contribution in [1.82, 2.24) is 4.90 Å². The van der Waals surface area contributed by atoms with E-state index in [9.17, 15) is 9.50 Å². The summed E-state index contributed by atoms with van der Waals surface area (Å²) in [5, 5.41) is 10.8. The van der Waals surface area contributed by atoms with Crippen molar-refractivity contribution in [1.29, 1.82) is 0 Å². The minimum Gasteiger partial charge on any atom is -0.493 e. The van der Waals surface area contributed by atoms with E-state index in [-0.39, 0.29) is 24.4 Å². The summed E-state index contributed by atoms with van der Waals surface area (Å²) >= 11 is 3.68. The van der Waals surface area contributed by atoms with Gasteiger partial charge in [-0.1, -0.05) is 0 Å². The SMILES string of the molecule is COc1cc2c(c(Br)c1OCC(C)(C)F)CCN1C[C@@H](OC(C)(C)C)[C@H](O)C[C@H]21. The minimum absolute atomic E-state index is 0.0547. The number of halogens is 2. The molecule has 0 aromatic heterocycles. The van der Waals surface area contributed by atoms with E-state index in [0.717, 1.165) is 28.6 Å². The first-order valence-corrected chi connectivity index (χ1v) is 11.0. The van der Waals surface area contributed by atoms with Gasteiger partial charge in [0.15, 0.2) is 11.5 Å². The second-order valence-electron chi connectivity index (χ2n) is 9.63. The quantitative estimate of drug-likeness (QED) is 0.685. The summed E-state index contributed by atoms with van der Waals surface area (Å²) in [4.78, 5) is 2.38. The summed E-state index contributed by atoms with van der Waals surface area (Å²) in [6.45, 7) is 10.5. The number of rotatable bonds is 5. The first-order valence-electron chi connectivity index (χ1n) is 10.2. The number of aliphatic hydroxyl groups excluding tert-OH is 1. The molecule has 0 aliphatic carbocycles. The van der Waals surface area contributed by atoms with E-state index in [0.29, 0.717) is 24.5 Å². The molecule has 2 aliphatic rings. The van der Waals surface area contributed by atoms with E-state index in [1.54, 1.807) is 7.11 Å². The van der Waals surface area contributed by atoms with E-state index >= 15 is 0 Å². The number of nitrogens with zero attached hydrogens (tertiary/aromatic N) is 1. The fraction of sp³-hybridized carbons (Fsp3) is 0.727. The van der Waals surface area contributed by atoms with Crippen LogP contribution in [0, 0.1) is 0 Å². The molecule has 29 heavy (non-hydrogen) atoms. The van der Waals surface area contributed by atoms with Crippen LogP contribution in [0.1, 0.15) is 58.2 Å². The van der Waals surface area contributed by atoms with Crippen molar-refractivity contribution in [3.05, 3.63) is 21.7 Å². The van der Waals surface area contributed by atoms with Crippen LogP contribution in [0.15, 0.2) is 10.5 Å².